The van der Waals surface area contributed by atoms with Crippen LogP contribution in [0.15, 0.2) is 48.7 Å². The first kappa shape index (κ1) is 13.3. The van der Waals surface area contributed by atoms with Crippen molar-refractivity contribution in [3.63, 3.8) is 0 Å². The summed E-state index contributed by atoms with van der Waals surface area (Å²) in [6.45, 7) is 2.03. The van der Waals surface area contributed by atoms with E-state index in [0.29, 0.717) is 6.04 Å². The van der Waals surface area contributed by atoms with Crippen LogP contribution in [0, 0.1) is 0 Å². The van der Waals surface area contributed by atoms with Crippen molar-refractivity contribution >= 4 is 11.5 Å². The van der Waals surface area contributed by atoms with E-state index in [-0.39, 0.29) is 0 Å². The lowest BCUT2D eigenvalue weighted by molar-refractivity contribution is 0.631. The van der Waals surface area contributed by atoms with Crippen molar-refractivity contribution in [3.05, 3.63) is 48.7 Å². The highest BCUT2D eigenvalue weighted by atomic mass is 15.3. The molecule has 112 valence electrons. The fourth-order valence-electron chi connectivity index (χ4n) is 2.95. The Morgan fingerprint density at radius 2 is 2.14 bits per heavy atom. The zero-order chi connectivity index (χ0) is 14.8. The van der Waals surface area contributed by atoms with E-state index in [1.165, 1.54) is 12.8 Å². The quantitative estimate of drug-likeness (QED) is 0.776. The number of hydrogen-bond donors (Lipinski definition) is 2. The number of fused-ring (bicyclic) bond motifs is 1. The topological polar surface area (TPSA) is 54.2 Å². The van der Waals surface area contributed by atoms with E-state index in [0.717, 1.165) is 35.8 Å². The van der Waals surface area contributed by atoms with Crippen LogP contribution in [0.4, 0.5) is 5.82 Å². The zero-order valence-electron chi connectivity index (χ0n) is 12.4. The van der Waals surface area contributed by atoms with Gasteiger partial charge in [0.25, 0.3) is 0 Å². The largest absolute Gasteiger partial charge is 0.368 e. The van der Waals surface area contributed by atoms with Crippen LogP contribution in [-0.4, -0.2) is 33.7 Å². The van der Waals surface area contributed by atoms with Crippen LogP contribution in [0.5, 0.6) is 0 Å². The van der Waals surface area contributed by atoms with Crippen molar-refractivity contribution in [1.82, 2.24) is 19.9 Å². The summed E-state index contributed by atoms with van der Waals surface area (Å²) in [4.78, 5) is 4.69. The average molecular weight is 293 g/mol. The molecule has 1 aliphatic rings. The van der Waals surface area contributed by atoms with Crippen LogP contribution in [0.3, 0.4) is 0 Å². The summed E-state index contributed by atoms with van der Waals surface area (Å²) in [7, 11) is 0. The van der Waals surface area contributed by atoms with Gasteiger partial charge in [0.2, 0.25) is 0 Å². The summed E-state index contributed by atoms with van der Waals surface area (Å²) in [5, 5.41) is 11.4. The molecule has 0 amide bonds. The molecule has 1 aliphatic heterocycles. The predicted octanol–water partition coefficient (Wildman–Crippen LogP) is 2.56. The third kappa shape index (κ3) is 2.55. The van der Waals surface area contributed by atoms with E-state index in [4.69, 9.17) is 4.98 Å². The molecule has 1 unspecified atom stereocenters. The molecule has 22 heavy (non-hydrogen) atoms. The van der Waals surface area contributed by atoms with E-state index < -0.39 is 0 Å². The number of nitrogens with one attached hydrogen (secondary N) is 2. The molecule has 2 N–H and O–H groups in total. The van der Waals surface area contributed by atoms with Crippen molar-refractivity contribution in [2.24, 2.45) is 0 Å². The van der Waals surface area contributed by atoms with Gasteiger partial charge in [-0.15, -0.1) is 0 Å². The lowest BCUT2D eigenvalue weighted by Gasteiger charge is -2.14. The maximum Gasteiger partial charge on any atom is 0.157 e. The van der Waals surface area contributed by atoms with E-state index in [1.54, 1.807) is 6.20 Å². The second-order valence-electron chi connectivity index (χ2n) is 5.67. The second kappa shape index (κ2) is 5.77. The molecule has 3 heterocycles. The monoisotopic (exact) mass is 293 g/mol. The van der Waals surface area contributed by atoms with Gasteiger partial charge in [0, 0.05) is 30.3 Å². The van der Waals surface area contributed by atoms with E-state index in [2.05, 4.69) is 33.9 Å². The third-order valence-electron chi connectivity index (χ3n) is 4.12. The molecule has 2 aromatic heterocycles. The Morgan fingerprint density at radius 1 is 1.23 bits per heavy atom. The second-order valence-corrected chi connectivity index (χ2v) is 5.67. The highest BCUT2D eigenvalue weighted by Gasteiger charge is 2.15. The molecular weight excluding hydrogens is 274 g/mol. The Labute approximate surface area is 129 Å². The number of hydrogen-bond acceptors (Lipinski definition) is 4. The molecule has 0 saturated carbocycles. The fourth-order valence-corrected chi connectivity index (χ4v) is 2.95. The lowest BCUT2D eigenvalue weighted by atomic mass is 10.1. The first-order chi connectivity index (χ1) is 10.9. The maximum absolute atomic E-state index is 4.69. The van der Waals surface area contributed by atoms with Gasteiger partial charge in [-0.2, -0.15) is 9.61 Å². The van der Waals surface area contributed by atoms with Crippen LogP contribution < -0.4 is 10.6 Å². The Balaban J connectivity index is 1.67. The summed E-state index contributed by atoms with van der Waals surface area (Å²) in [6.07, 6.45) is 4.27. The van der Waals surface area contributed by atoms with Gasteiger partial charge in [0.05, 0.1) is 11.9 Å². The predicted molar refractivity (Wildman–Crippen MR) is 87.9 cm³/mol. The molecule has 1 saturated heterocycles. The number of aromatic nitrogens is 3. The van der Waals surface area contributed by atoms with E-state index >= 15 is 0 Å². The normalized spacial score (nSPS) is 17.9. The van der Waals surface area contributed by atoms with Gasteiger partial charge in [-0.3, -0.25) is 0 Å². The molecule has 3 aromatic rings. The van der Waals surface area contributed by atoms with Crippen molar-refractivity contribution in [2.45, 2.75) is 18.9 Å². The van der Waals surface area contributed by atoms with Crippen molar-refractivity contribution < 1.29 is 0 Å². The van der Waals surface area contributed by atoms with Crippen LogP contribution in [0.25, 0.3) is 16.9 Å². The molecule has 0 bridgehead atoms. The summed E-state index contributed by atoms with van der Waals surface area (Å²) < 4.78 is 1.86. The fraction of sp³-hybridized carbons (Fsp3) is 0.294. The molecule has 0 aliphatic carbocycles. The van der Waals surface area contributed by atoms with Gasteiger partial charge < -0.3 is 10.6 Å². The van der Waals surface area contributed by atoms with Crippen molar-refractivity contribution in [3.8, 4) is 11.3 Å². The molecular formula is C17H19N5. The van der Waals surface area contributed by atoms with Gasteiger partial charge in [0.15, 0.2) is 5.65 Å². The SMILES string of the molecule is c1ccc(-c2cc(NCC3CCCN3)n3nccc3n2)cc1. The minimum absolute atomic E-state index is 0.541. The maximum atomic E-state index is 4.69. The van der Waals surface area contributed by atoms with Gasteiger partial charge in [-0.1, -0.05) is 30.3 Å². The molecule has 0 spiro atoms. The smallest absolute Gasteiger partial charge is 0.157 e. The standard InChI is InChI=1S/C17H19N5/c1-2-5-13(6-3-1)15-11-17(19-12-14-7-4-9-18-14)22-16(21-15)8-10-20-22/h1-3,5-6,8,10-11,14,18-19H,4,7,9,12H2. The Bertz CT molecular complexity index is 759. The van der Waals surface area contributed by atoms with Gasteiger partial charge in [-0.05, 0) is 19.4 Å². The highest BCUT2D eigenvalue weighted by molar-refractivity contribution is 5.66. The molecule has 1 fully saturated rings. The summed E-state index contributed by atoms with van der Waals surface area (Å²) in [5.41, 5.74) is 2.95. The zero-order valence-corrected chi connectivity index (χ0v) is 12.4. The molecule has 0 radical (unpaired) electrons. The molecule has 4 rings (SSSR count). The van der Waals surface area contributed by atoms with Crippen LogP contribution >= 0.6 is 0 Å². The highest BCUT2D eigenvalue weighted by Crippen LogP contribution is 2.22. The van der Waals surface area contributed by atoms with Crippen molar-refractivity contribution in [2.75, 3.05) is 18.4 Å². The van der Waals surface area contributed by atoms with Crippen LogP contribution in [0.2, 0.25) is 0 Å². The minimum atomic E-state index is 0.541. The number of benzene rings is 1. The van der Waals surface area contributed by atoms with Crippen LogP contribution in [-0.2, 0) is 0 Å². The average Bonchev–Trinajstić information content (AvgIpc) is 3.24. The first-order valence-electron chi connectivity index (χ1n) is 7.77. The van der Waals surface area contributed by atoms with E-state index in [9.17, 15) is 0 Å². The Morgan fingerprint density at radius 3 is 2.95 bits per heavy atom. The third-order valence-corrected chi connectivity index (χ3v) is 4.12. The molecule has 5 nitrogen and oxygen atoms in total. The summed E-state index contributed by atoms with van der Waals surface area (Å²) in [5.74, 6) is 0.988. The number of nitrogens with zero attached hydrogens (tertiary/aromatic N) is 3. The van der Waals surface area contributed by atoms with Gasteiger partial charge >= 0.3 is 0 Å². The Kier molecular flexibility index (Phi) is 3.48. The summed E-state index contributed by atoms with van der Waals surface area (Å²) >= 11 is 0. The Hall–Kier alpha value is -2.40. The van der Waals surface area contributed by atoms with Gasteiger partial charge in [0.1, 0.15) is 5.82 Å². The number of rotatable bonds is 4. The lowest BCUT2D eigenvalue weighted by Crippen LogP contribution is -2.29. The summed E-state index contributed by atoms with van der Waals surface area (Å²) in [6, 6.07) is 14.8. The van der Waals surface area contributed by atoms with Crippen molar-refractivity contribution in [1.29, 1.82) is 0 Å². The molecule has 5 heteroatoms. The molecule has 1 atom stereocenters. The minimum Gasteiger partial charge on any atom is -0.368 e. The van der Waals surface area contributed by atoms with E-state index in [1.807, 2.05) is 28.8 Å². The first-order valence-corrected chi connectivity index (χ1v) is 7.77. The molecule has 1 aromatic carbocycles. The number of anilines is 1. The van der Waals surface area contributed by atoms with Crippen LogP contribution in [0.1, 0.15) is 12.8 Å². The van der Waals surface area contributed by atoms with Gasteiger partial charge in [-0.25, -0.2) is 4.98 Å².